The summed E-state index contributed by atoms with van der Waals surface area (Å²) in [4.78, 5) is 14.1. The zero-order valence-electron chi connectivity index (χ0n) is 10.5. The predicted octanol–water partition coefficient (Wildman–Crippen LogP) is 2.64. The van der Waals surface area contributed by atoms with E-state index in [1.165, 1.54) is 5.56 Å². The molecule has 1 aromatic heterocycles. The van der Waals surface area contributed by atoms with Crippen LogP contribution in [0.5, 0.6) is 0 Å². The molecule has 0 amide bonds. The molecule has 2 aromatic rings. The maximum atomic E-state index is 5.86. The Hall–Kier alpha value is -1.88. The van der Waals surface area contributed by atoms with Gasteiger partial charge in [0.15, 0.2) is 0 Å². The van der Waals surface area contributed by atoms with Crippen LogP contribution in [0.3, 0.4) is 0 Å². The van der Waals surface area contributed by atoms with Crippen molar-refractivity contribution in [2.75, 3.05) is 24.3 Å². The van der Waals surface area contributed by atoms with Gasteiger partial charge in [-0.2, -0.15) is 15.0 Å². The zero-order valence-corrected chi connectivity index (χ0v) is 11.2. The highest BCUT2D eigenvalue weighted by atomic mass is 35.5. The molecule has 0 fully saturated rings. The number of hydrogen-bond acceptors (Lipinski definition) is 5. The first kappa shape index (κ1) is 12.6. The molecule has 1 heterocycles. The van der Waals surface area contributed by atoms with Crippen molar-refractivity contribution >= 4 is 29.2 Å². The molecule has 5 nitrogen and oxygen atoms in total. The average molecular weight is 264 g/mol. The van der Waals surface area contributed by atoms with Crippen LogP contribution in [0.4, 0.5) is 17.6 Å². The Labute approximate surface area is 111 Å². The molecule has 1 N–H and O–H groups in total. The normalized spacial score (nSPS) is 10.2. The van der Waals surface area contributed by atoms with Crippen molar-refractivity contribution in [3.8, 4) is 0 Å². The Bertz CT molecular complexity index is 539. The number of rotatable bonds is 3. The molecule has 0 aliphatic heterocycles. The second-order valence-electron chi connectivity index (χ2n) is 4.11. The zero-order chi connectivity index (χ0) is 13.1. The highest BCUT2D eigenvalue weighted by Crippen LogP contribution is 2.17. The summed E-state index contributed by atoms with van der Waals surface area (Å²) < 4.78 is 0. The SMILES string of the molecule is Cc1ccc(Nc2nc(Cl)nc(N(C)C)n2)cc1. The van der Waals surface area contributed by atoms with E-state index >= 15 is 0 Å². The van der Waals surface area contributed by atoms with Crippen molar-refractivity contribution in [2.45, 2.75) is 6.92 Å². The maximum absolute atomic E-state index is 5.86. The number of nitrogens with one attached hydrogen (secondary N) is 1. The number of aryl methyl sites for hydroxylation is 1. The minimum atomic E-state index is 0.170. The Morgan fingerprint density at radius 1 is 1.06 bits per heavy atom. The molecule has 6 heteroatoms. The van der Waals surface area contributed by atoms with Crippen molar-refractivity contribution < 1.29 is 0 Å². The Morgan fingerprint density at radius 2 is 1.72 bits per heavy atom. The van der Waals surface area contributed by atoms with Crippen molar-refractivity contribution in [3.63, 3.8) is 0 Å². The van der Waals surface area contributed by atoms with E-state index in [1.807, 2.05) is 45.3 Å². The van der Waals surface area contributed by atoms with Crippen LogP contribution in [0.2, 0.25) is 5.28 Å². The van der Waals surface area contributed by atoms with Crippen LogP contribution in [0.25, 0.3) is 0 Å². The minimum Gasteiger partial charge on any atom is -0.347 e. The van der Waals surface area contributed by atoms with Gasteiger partial charge < -0.3 is 10.2 Å². The van der Waals surface area contributed by atoms with Gasteiger partial charge in [0.25, 0.3) is 0 Å². The lowest BCUT2D eigenvalue weighted by atomic mass is 10.2. The van der Waals surface area contributed by atoms with Crippen LogP contribution >= 0.6 is 11.6 Å². The van der Waals surface area contributed by atoms with Gasteiger partial charge in [-0.1, -0.05) is 17.7 Å². The van der Waals surface area contributed by atoms with Gasteiger partial charge in [0, 0.05) is 19.8 Å². The standard InChI is InChI=1S/C12H14ClN5/c1-8-4-6-9(7-5-8)14-11-15-10(13)16-12(17-11)18(2)3/h4-7H,1-3H3,(H,14,15,16,17). The third kappa shape index (κ3) is 3.07. The Morgan fingerprint density at radius 3 is 2.33 bits per heavy atom. The van der Waals surface area contributed by atoms with E-state index in [1.54, 1.807) is 4.90 Å². The third-order valence-corrected chi connectivity index (χ3v) is 2.47. The highest BCUT2D eigenvalue weighted by molar-refractivity contribution is 6.28. The Balaban J connectivity index is 2.26. The van der Waals surface area contributed by atoms with Gasteiger partial charge in [-0.25, -0.2) is 0 Å². The molecule has 0 unspecified atom stereocenters. The van der Waals surface area contributed by atoms with E-state index in [0.717, 1.165) is 5.69 Å². The van der Waals surface area contributed by atoms with E-state index in [2.05, 4.69) is 20.3 Å². The first-order valence-corrected chi connectivity index (χ1v) is 5.85. The van der Waals surface area contributed by atoms with Gasteiger partial charge in [0.1, 0.15) is 0 Å². The molecule has 0 bridgehead atoms. The topological polar surface area (TPSA) is 53.9 Å². The van der Waals surface area contributed by atoms with Crippen LogP contribution in [0, 0.1) is 6.92 Å². The molecule has 0 saturated carbocycles. The molecule has 18 heavy (non-hydrogen) atoms. The molecule has 94 valence electrons. The van der Waals surface area contributed by atoms with E-state index in [4.69, 9.17) is 11.6 Å². The quantitative estimate of drug-likeness (QED) is 0.923. The molecule has 2 rings (SSSR count). The summed E-state index contributed by atoms with van der Waals surface area (Å²) >= 11 is 5.86. The monoisotopic (exact) mass is 263 g/mol. The smallest absolute Gasteiger partial charge is 0.233 e. The fourth-order valence-electron chi connectivity index (χ4n) is 1.36. The van der Waals surface area contributed by atoms with Gasteiger partial charge in [-0.05, 0) is 30.7 Å². The summed E-state index contributed by atoms with van der Waals surface area (Å²) in [6.45, 7) is 2.04. The summed E-state index contributed by atoms with van der Waals surface area (Å²) in [5, 5.41) is 3.26. The molecular weight excluding hydrogens is 250 g/mol. The largest absolute Gasteiger partial charge is 0.347 e. The van der Waals surface area contributed by atoms with Gasteiger partial charge in [0.2, 0.25) is 17.2 Å². The molecule has 0 radical (unpaired) electrons. The van der Waals surface area contributed by atoms with Gasteiger partial charge in [-0.3, -0.25) is 0 Å². The van der Waals surface area contributed by atoms with Crippen LogP contribution < -0.4 is 10.2 Å². The molecule has 0 spiro atoms. The molecular formula is C12H14ClN5. The van der Waals surface area contributed by atoms with Gasteiger partial charge >= 0.3 is 0 Å². The first-order chi connectivity index (χ1) is 8.54. The molecule has 0 atom stereocenters. The van der Waals surface area contributed by atoms with Crippen molar-refractivity contribution in [1.82, 2.24) is 15.0 Å². The highest BCUT2D eigenvalue weighted by Gasteiger charge is 2.06. The van der Waals surface area contributed by atoms with Crippen molar-refractivity contribution in [2.24, 2.45) is 0 Å². The van der Waals surface area contributed by atoms with Crippen LogP contribution in [-0.2, 0) is 0 Å². The second-order valence-corrected chi connectivity index (χ2v) is 4.45. The summed E-state index contributed by atoms with van der Waals surface area (Å²) in [6.07, 6.45) is 0. The lowest BCUT2D eigenvalue weighted by molar-refractivity contribution is 0.961. The van der Waals surface area contributed by atoms with E-state index in [0.29, 0.717) is 11.9 Å². The van der Waals surface area contributed by atoms with Crippen molar-refractivity contribution in [3.05, 3.63) is 35.1 Å². The van der Waals surface area contributed by atoms with E-state index in [-0.39, 0.29) is 5.28 Å². The summed E-state index contributed by atoms with van der Waals surface area (Å²) in [6, 6.07) is 7.95. The van der Waals surface area contributed by atoms with Gasteiger partial charge in [-0.15, -0.1) is 0 Å². The van der Waals surface area contributed by atoms with Gasteiger partial charge in [0.05, 0.1) is 0 Å². The number of benzene rings is 1. The fourth-order valence-corrected chi connectivity index (χ4v) is 1.52. The van der Waals surface area contributed by atoms with Crippen molar-refractivity contribution in [1.29, 1.82) is 0 Å². The van der Waals surface area contributed by atoms with Crippen LogP contribution in [0.1, 0.15) is 5.56 Å². The molecule has 0 saturated heterocycles. The minimum absolute atomic E-state index is 0.170. The van der Waals surface area contributed by atoms with E-state index < -0.39 is 0 Å². The lowest BCUT2D eigenvalue weighted by Gasteiger charge is -2.11. The van der Waals surface area contributed by atoms with Crippen LogP contribution in [0.15, 0.2) is 24.3 Å². The van der Waals surface area contributed by atoms with Crippen LogP contribution in [-0.4, -0.2) is 29.0 Å². The number of nitrogens with zero attached hydrogens (tertiary/aromatic N) is 4. The number of hydrogen-bond donors (Lipinski definition) is 1. The summed E-state index contributed by atoms with van der Waals surface area (Å²) in [5.41, 5.74) is 2.11. The number of anilines is 3. The third-order valence-electron chi connectivity index (χ3n) is 2.30. The number of aromatic nitrogens is 3. The Kier molecular flexibility index (Phi) is 3.62. The molecule has 1 aromatic carbocycles. The first-order valence-electron chi connectivity index (χ1n) is 5.47. The molecule has 0 aliphatic carbocycles. The maximum Gasteiger partial charge on any atom is 0.233 e. The second kappa shape index (κ2) is 5.18. The number of halogens is 1. The summed E-state index contributed by atoms with van der Waals surface area (Å²) in [7, 11) is 3.70. The average Bonchev–Trinajstić information content (AvgIpc) is 2.31. The lowest BCUT2D eigenvalue weighted by Crippen LogP contribution is -2.14. The fraction of sp³-hybridized carbons (Fsp3) is 0.250. The van der Waals surface area contributed by atoms with E-state index in [9.17, 15) is 0 Å². The molecule has 0 aliphatic rings. The predicted molar refractivity (Wildman–Crippen MR) is 73.6 cm³/mol. The summed E-state index contributed by atoms with van der Waals surface area (Å²) in [5.74, 6) is 0.951.